The molecule has 1 amide bonds. The molecule has 1 heterocycles. The number of fused-ring (bicyclic) bond motifs is 1. The van der Waals surface area contributed by atoms with E-state index in [0.29, 0.717) is 16.8 Å². The lowest BCUT2D eigenvalue weighted by Crippen LogP contribution is -2.14. The summed E-state index contributed by atoms with van der Waals surface area (Å²) >= 11 is 1.62. The van der Waals surface area contributed by atoms with Crippen LogP contribution in [0.3, 0.4) is 0 Å². The number of carbonyl (C=O) groups is 1. The molecule has 0 unspecified atom stereocenters. The number of rotatable bonds is 6. The minimum atomic E-state index is -0.211. The predicted molar refractivity (Wildman–Crippen MR) is 104 cm³/mol. The molecule has 2 aromatic carbocycles. The van der Waals surface area contributed by atoms with Gasteiger partial charge in [-0.2, -0.15) is 16.9 Å². The monoisotopic (exact) mass is 353 g/mol. The van der Waals surface area contributed by atoms with Crippen LogP contribution in [0.5, 0.6) is 0 Å². The van der Waals surface area contributed by atoms with E-state index < -0.39 is 0 Å². The highest BCUT2D eigenvalue weighted by molar-refractivity contribution is 7.99. The molecule has 0 aliphatic carbocycles. The van der Waals surface area contributed by atoms with Crippen LogP contribution < -0.4 is 10.9 Å². The zero-order valence-corrected chi connectivity index (χ0v) is 14.7. The molecule has 0 atom stereocenters. The Hall–Kier alpha value is -2.60. The SMILES string of the molecule is CCCSCC(=O)Nc1cccc(-c2n[nH]c(=O)c3ccccc23)c1. The summed E-state index contributed by atoms with van der Waals surface area (Å²) in [5, 5.41) is 11.0. The van der Waals surface area contributed by atoms with Crippen LogP contribution in [0.4, 0.5) is 5.69 Å². The lowest BCUT2D eigenvalue weighted by molar-refractivity contribution is -0.113. The second-order valence-electron chi connectivity index (χ2n) is 5.63. The van der Waals surface area contributed by atoms with E-state index >= 15 is 0 Å². The summed E-state index contributed by atoms with van der Waals surface area (Å²) in [5.41, 5.74) is 2.03. The predicted octanol–water partition coefficient (Wildman–Crippen LogP) is 3.67. The third kappa shape index (κ3) is 4.09. The molecular formula is C19H19N3O2S. The number of anilines is 1. The lowest BCUT2D eigenvalue weighted by Gasteiger charge is -2.09. The van der Waals surface area contributed by atoms with Crippen molar-refractivity contribution in [1.29, 1.82) is 0 Å². The van der Waals surface area contributed by atoms with Gasteiger partial charge in [0.25, 0.3) is 5.56 Å². The van der Waals surface area contributed by atoms with E-state index in [4.69, 9.17) is 0 Å². The summed E-state index contributed by atoms with van der Waals surface area (Å²) in [6.45, 7) is 2.09. The quantitative estimate of drug-likeness (QED) is 0.663. The highest BCUT2D eigenvalue weighted by Gasteiger charge is 2.09. The van der Waals surface area contributed by atoms with Crippen molar-refractivity contribution in [3.63, 3.8) is 0 Å². The molecule has 128 valence electrons. The van der Waals surface area contributed by atoms with Crippen molar-refractivity contribution in [3.05, 3.63) is 58.9 Å². The molecule has 0 aliphatic rings. The highest BCUT2D eigenvalue weighted by Crippen LogP contribution is 2.26. The number of nitrogens with one attached hydrogen (secondary N) is 2. The molecule has 3 aromatic rings. The van der Waals surface area contributed by atoms with E-state index in [1.165, 1.54) is 0 Å². The molecule has 0 spiro atoms. The van der Waals surface area contributed by atoms with Crippen LogP contribution in [-0.2, 0) is 4.79 Å². The molecular weight excluding hydrogens is 334 g/mol. The minimum absolute atomic E-state index is 0.0186. The molecule has 0 saturated carbocycles. The van der Waals surface area contributed by atoms with Crippen LogP contribution in [-0.4, -0.2) is 27.6 Å². The Bertz CT molecular complexity index is 953. The Morgan fingerprint density at radius 3 is 2.76 bits per heavy atom. The van der Waals surface area contributed by atoms with Gasteiger partial charge in [0, 0.05) is 16.6 Å². The summed E-state index contributed by atoms with van der Waals surface area (Å²) in [6.07, 6.45) is 1.05. The number of amides is 1. The number of benzene rings is 2. The standard InChI is InChI=1S/C19H19N3O2S/c1-2-10-25-12-17(23)20-14-7-5-6-13(11-14)18-15-8-3-4-9-16(15)19(24)22-21-18/h3-9,11H,2,10,12H2,1H3,(H,20,23)(H,22,24). The number of carbonyl (C=O) groups excluding carboxylic acids is 1. The van der Waals surface area contributed by atoms with Crippen LogP contribution in [0, 0.1) is 0 Å². The van der Waals surface area contributed by atoms with Gasteiger partial charge in [0.05, 0.1) is 16.8 Å². The van der Waals surface area contributed by atoms with Gasteiger partial charge in [0.2, 0.25) is 5.91 Å². The van der Waals surface area contributed by atoms with Gasteiger partial charge in [0.15, 0.2) is 0 Å². The molecule has 0 radical (unpaired) electrons. The van der Waals surface area contributed by atoms with E-state index in [1.54, 1.807) is 17.8 Å². The van der Waals surface area contributed by atoms with Gasteiger partial charge in [-0.15, -0.1) is 0 Å². The maximum atomic E-state index is 12.0. The molecule has 0 fully saturated rings. The summed E-state index contributed by atoms with van der Waals surface area (Å²) in [5.74, 6) is 1.40. The van der Waals surface area contributed by atoms with Crippen molar-refractivity contribution in [2.45, 2.75) is 13.3 Å². The Morgan fingerprint density at radius 1 is 1.16 bits per heavy atom. The van der Waals surface area contributed by atoms with E-state index in [1.807, 2.05) is 42.5 Å². The number of aromatic nitrogens is 2. The summed E-state index contributed by atoms with van der Waals surface area (Å²) in [6, 6.07) is 14.8. The van der Waals surface area contributed by atoms with Gasteiger partial charge >= 0.3 is 0 Å². The van der Waals surface area contributed by atoms with Gasteiger partial charge in [0.1, 0.15) is 0 Å². The molecule has 2 N–H and O–H groups in total. The van der Waals surface area contributed by atoms with Gasteiger partial charge in [-0.1, -0.05) is 37.3 Å². The van der Waals surface area contributed by atoms with E-state index in [-0.39, 0.29) is 11.5 Å². The smallest absolute Gasteiger partial charge is 0.272 e. The van der Waals surface area contributed by atoms with Crippen LogP contribution in [0.15, 0.2) is 53.3 Å². The van der Waals surface area contributed by atoms with Crippen molar-refractivity contribution < 1.29 is 4.79 Å². The van der Waals surface area contributed by atoms with Crippen LogP contribution in [0.1, 0.15) is 13.3 Å². The third-order valence-electron chi connectivity index (χ3n) is 3.70. The maximum absolute atomic E-state index is 12.0. The van der Waals surface area contributed by atoms with Crippen LogP contribution in [0.25, 0.3) is 22.0 Å². The van der Waals surface area contributed by atoms with Crippen molar-refractivity contribution in [2.24, 2.45) is 0 Å². The topological polar surface area (TPSA) is 74.8 Å². The minimum Gasteiger partial charge on any atom is -0.325 e. The average Bonchev–Trinajstić information content (AvgIpc) is 2.63. The van der Waals surface area contributed by atoms with Gasteiger partial charge < -0.3 is 5.32 Å². The molecule has 0 aliphatic heterocycles. The van der Waals surface area contributed by atoms with Gasteiger partial charge in [-0.25, -0.2) is 5.10 Å². The first-order chi connectivity index (χ1) is 12.2. The lowest BCUT2D eigenvalue weighted by atomic mass is 10.0. The third-order valence-corrected chi connectivity index (χ3v) is 4.86. The summed E-state index contributed by atoms with van der Waals surface area (Å²) in [7, 11) is 0. The molecule has 6 heteroatoms. The Labute approximate surface area is 149 Å². The second-order valence-corrected chi connectivity index (χ2v) is 6.73. The number of nitrogens with zero attached hydrogens (tertiary/aromatic N) is 1. The normalized spacial score (nSPS) is 10.8. The van der Waals surface area contributed by atoms with E-state index in [9.17, 15) is 9.59 Å². The molecule has 0 bridgehead atoms. The average molecular weight is 353 g/mol. The fourth-order valence-electron chi connectivity index (χ4n) is 2.59. The van der Waals surface area contributed by atoms with Gasteiger partial charge in [-0.05, 0) is 30.4 Å². The highest BCUT2D eigenvalue weighted by atomic mass is 32.2. The van der Waals surface area contributed by atoms with Crippen molar-refractivity contribution in [2.75, 3.05) is 16.8 Å². The Balaban J connectivity index is 1.89. The first kappa shape index (κ1) is 17.2. The largest absolute Gasteiger partial charge is 0.325 e. The van der Waals surface area contributed by atoms with Crippen molar-refractivity contribution in [1.82, 2.24) is 10.2 Å². The first-order valence-electron chi connectivity index (χ1n) is 8.14. The Morgan fingerprint density at radius 2 is 1.96 bits per heavy atom. The first-order valence-corrected chi connectivity index (χ1v) is 9.30. The zero-order chi connectivity index (χ0) is 17.6. The molecule has 1 aromatic heterocycles. The van der Waals surface area contributed by atoms with Gasteiger partial charge in [-0.3, -0.25) is 9.59 Å². The fraction of sp³-hybridized carbons (Fsp3) is 0.211. The number of hydrogen-bond donors (Lipinski definition) is 2. The Kier molecular flexibility index (Phi) is 5.50. The van der Waals surface area contributed by atoms with Crippen molar-refractivity contribution in [3.8, 4) is 11.3 Å². The number of thioether (sulfide) groups is 1. The number of aromatic amines is 1. The zero-order valence-electron chi connectivity index (χ0n) is 13.9. The fourth-order valence-corrected chi connectivity index (χ4v) is 3.28. The number of H-pyrrole nitrogens is 1. The molecule has 25 heavy (non-hydrogen) atoms. The van der Waals surface area contributed by atoms with Crippen LogP contribution >= 0.6 is 11.8 Å². The van der Waals surface area contributed by atoms with Crippen molar-refractivity contribution >= 4 is 34.1 Å². The maximum Gasteiger partial charge on any atom is 0.272 e. The van der Waals surface area contributed by atoms with E-state index in [0.717, 1.165) is 28.8 Å². The summed E-state index contributed by atoms with van der Waals surface area (Å²) < 4.78 is 0. The molecule has 0 saturated heterocycles. The van der Waals surface area contributed by atoms with E-state index in [2.05, 4.69) is 22.4 Å². The molecule has 5 nitrogen and oxygen atoms in total. The molecule has 3 rings (SSSR count). The summed E-state index contributed by atoms with van der Waals surface area (Å²) in [4.78, 5) is 23.9. The second kappa shape index (κ2) is 7.98. The number of hydrogen-bond acceptors (Lipinski definition) is 4. The van der Waals surface area contributed by atoms with Crippen LogP contribution in [0.2, 0.25) is 0 Å².